The lowest BCUT2D eigenvalue weighted by Crippen LogP contribution is -2.35. The van der Waals surface area contributed by atoms with Crippen molar-refractivity contribution in [3.63, 3.8) is 0 Å². The van der Waals surface area contributed by atoms with Crippen LogP contribution >= 0.6 is 0 Å². The van der Waals surface area contributed by atoms with Crippen LogP contribution in [0.5, 0.6) is 5.75 Å². The fraction of sp³-hybridized carbons (Fsp3) is 0.529. The normalized spacial score (nSPS) is 21.9. The van der Waals surface area contributed by atoms with Crippen molar-refractivity contribution in [1.82, 2.24) is 4.90 Å². The maximum absolute atomic E-state index is 6.15. The largest absolute Gasteiger partial charge is 0.497 e. The lowest BCUT2D eigenvalue weighted by molar-refractivity contribution is 0.0741. The summed E-state index contributed by atoms with van der Waals surface area (Å²) in [5.41, 5.74) is 7.41. The Bertz CT molecular complexity index is 490. The van der Waals surface area contributed by atoms with Gasteiger partial charge in [0.15, 0.2) is 0 Å². The molecule has 1 aromatic rings. The third kappa shape index (κ3) is 4.75. The number of hydrogen-bond donors (Lipinski definition) is 1. The lowest BCUT2D eigenvalue weighted by Gasteiger charge is -2.15. The third-order valence-corrected chi connectivity index (χ3v) is 3.62. The Labute approximate surface area is 127 Å². The van der Waals surface area contributed by atoms with E-state index in [-0.39, 0.29) is 12.1 Å². The molecular weight excluding hydrogens is 264 g/mol. The van der Waals surface area contributed by atoms with Gasteiger partial charge in [-0.2, -0.15) is 0 Å². The Morgan fingerprint density at radius 1 is 1.24 bits per heavy atom. The maximum Gasteiger partial charge on any atom is 0.118 e. The molecule has 4 heteroatoms. The second-order valence-corrected chi connectivity index (χ2v) is 5.26. The van der Waals surface area contributed by atoms with Crippen molar-refractivity contribution >= 4 is 0 Å². The van der Waals surface area contributed by atoms with Crippen molar-refractivity contribution < 1.29 is 9.47 Å². The molecule has 0 radical (unpaired) electrons. The zero-order valence-electron chi connectivity index (χ0n) is 12.8. The van der Waals surface area contributed by atoms with Crippen LogP contribution in [0.25, 0.3) is 0 Å². The predicted octanol–water partition coefficient (Wildman–Crippen LogP) is 1.64. The summed E-state index contributed by atoms with van der Waals surface area (Å²) in [7, 11) is 1.68. The van der Waals surface area contributed by atoms with Crippen LogP contribution in [0, 0.1) is 11.8 Å². The Morgan fingerprint density at radius 3 is 2.67 bits per heavy atom. The van der Waals surface area contributed by atoms with Gasteiger partial charge in [-0.15, -0.1) is 5.92 Å². The summed E-state index contributed by atoms with van der Waals surface area (Å²) < 4.78 is 10.9. The molecule has 2 N–H and O–H groups in total. The molecule has 1 heterocycles. The van der Waals surface area contributed by atoms with Crippen LogP contribution in [0.2, 0.25) is 0 Å². The van der Waals surface area contributed by atoms with Gasteiger partial charge in [0.2, 0.25) is 0 Å². The summed E-state index contributed by atoms with van der Waals surface area (Å²) in [5.74, 6) is 6.89. The van der Waals surface area contributed by atoms with E-state index in [1.54, 1.807) is 7.11 Å². The molecular formula is C17H24N2O2. The first-order valence-electron chi connectivity index (χ1n) is 7.41. The molecule has 1 saturated heterocycles. The fourth-order valence-corrected chi connectivity index (χ4v) is 2.50. The maximum atomic E-state index is 6.15. The first kappa shape index (κ1) is 15.8. The highest BCUT2D eigenvalue weighted by atomic mass is 16.5. The quantitative estimate of drug-likeness (QED) is 0.837. The molecule has 0 saturated carbocycles. The van der Waals surface area contributed by atoms with Crippen molar-refractivity contribution in [2.45, 2.75) is 32.0 Å². The van der Waals surface area contributed by atoms with Crippen molar-refractivity contribution in [3.05, 3.63) is 29.8 Å². The summed E-state index contributed by atoms with van der Waals surface area (Å²) in [4.78, 5) is 2.32. The summed E-state index contributed by atoms with van der Waals surface area (Å²) in [6.07, 6.45) is 0.943. The van der Waals surface area contributed by atoms with Gasteiger partial charge in [-0.3, -0.25) is 4.90 Å². The zero-order valence-corrected chi connectivity index (χ0v) is 12.8. The molecule has 0 aromatic heterocycles. The SMILES string of the molecule is CCC#CCO[C@@H]1CN(Cc2ccc(OC)cc2)C[C@H]1N. The van der Waals surface area contributed by atoms with Crippen LogP contribution in [0.3, 0.4) is 0 Å². The summed E-state index contributed by atoms with van der Waals surface area (Å²) in [5, 5.41) is 0. The molecule has 4 nitrogen and oxygen atoms in total. The monoisotopic (exact) mass is 288 g/mol. The Morgan fingerprint density at radius 2 is 2.00 bits per heavy atom. The van der Waals surface area contributed by atoms with Crippen LogP contribution in [0.4, 0.5) is 0 Å². The number of rotatable bonds is 5. The second kappa shape index (κ2) is 8.04. The van der Waals surface area contributed by atoms with Crippen LogP contribution < -0.4 is 10.5 Å². The van der Waals surface area contributed by atoms with Gasteiger partial charge < -0.3 is 15.2 Å². The second-order valence-electron chi connectivity index (χ2n) is 5.26. The molecule has 1 aromatic carbocycles. The van der Waals surface area contributed by atoms with Gasteiger partial charge in [0.1, 0.15) is 12.4 Å². The Hall–Kier alpha value is -1.54. The van der Waals surface area contributed by atoms with E-state index in [9.17, 15) is 0 Å². The van der Waals surface area contributed by atoms with Gasteiger partial charge in [0.25, 0.3) is 0 Å². The highest BCUT2D eigenvalue weighted by Gasteiger charge is 2.30. The molecule has 114 valence electrons. The van der Waals surface area contributed by atoms with E-state index in [1.807, 2.05) is 19.1 Å². The molecule has 2 rings (SSSR count). The smallest absolute Gasteiger partial charge is 0.118 e. The Kier molecular flexibility index (Phi) is 6.06. The third-order valence-electron chi connectivity index (χ3n) is 3.62. The number of benzene rings is 1. The topological polar surface area (TPSA) is 47.7 Å². The minimum absolute atomic E-state index is 0.0617. The van der Waals surface area contributed by atoms with Gasteiger partial charge in [0.05, 0.1) is 13.2 Å². The van der Waals surface area contributed by atoms with Crippen molar-refractivity contribution in [1.29, 1.82) is 0 Å². The molecule has 1 fully saturated rings. The van der Waals surface area contributed by atoms with Gasteiger partial charge in [-0.1, -0.05) is 25.0 Å². The number of likely N-dealkylation sites (tertiary alicyclic amines) is 1. The van der Waals surface area contributed by atoms with Crippen LogP contribution in [0.1, 0.15) is 18.9 Å². The molecule has 1 aliphatic heterocycles. The fourth-order valence-electron chi connectivity index (χ4n) is 2.50. The zero-order chi connectivity index (χ0) is 15.1. The van der Waals surface area contributed by atoms with Gasteiger partial charge in [0, 0.05) is 32.1 Å². The Balaban J connectivity index is 1.82. The van der Waals surface area contributed by atoms with Crippen molar-refractivity contribution in [2.75, 3.05) is 26.8 Å². The number of ether oxygens (including phenoxy) is 2. The summed E-state index contributed by atoms with van der Waals surface area (Å²) >= 11 is 0. The molecule has 0 amide bonds. The van der Waals surface area contributed by atoms with Gasteiger partial charge >= 0.3 is 0 Å². The first-order valence-corrected chi connectivity index (χ1v) is 7.41. The number of methoxy groups -OCH3 is 1. The van der Waals surface area contributed by atoms with Gasteiger partial charge in [-0.25, -0.2) is 0 Å². The van der Waals surface area contributed by atoms with E-state index in [2.05, 4.69) is 28.9 Å². The van der Waals surface area contributed by atoms with E-state index in [0.717, 1.165) is 31.8 Å². The molecule has 0 spiro atoms. The van der Waals surface area contributed by atoms with E-state index >= 15 is 0 Å². The van der Waals surface area contributed by atoms with E-state index < -0.39 is 0 Å². The lowest BCUT2D eigenvalue weighted by atomic mass is 10.2. The molecule has 21 heavy (non-hydrogen) atoms. The highest BCUT2D eigenvalue weighted by molar-refractivity contribution is 5.27. The summed E-state index contributed by atoms with van der Waals surface area (Å²) in [6, 6.07) is 8.21. The average molecular weight is 288 g/mol. The highest BCUT2D eigenvalue weighted by Crippen LogP contribution is 2.17. The van der Waals surface area contributed by atoms with E-state index in [4.69, 9.17) is 15.2 Å². The van der Waals surface area contributed by atoms with E-state index in [0.29, 0.717) is 6.61 Å². The molecule has 0 aliphatic carbocycles. The molecule has 0 unspecified atom stereocenters. The van der Waals surface area contributed by atoms with Crippen molar-refractivity contribution in [2.24, 2.45) is 5.73 Å². The average Bonchev–Trinajstić information content (AvgIpc) is 2.84. The van der Waals surface area contributed by atoms with Gasteiger partial charge in [-0.05, 0) is 17.7 Å². The first-order chi connectivity index (χ1) is 10.2. The summed E-state index contributed by atoms with van der Waals surface area (Å²) in [6.45, 7) is 5.12. The van der Waals surface area contributed by atoms with Crippen LogP contribution in [-0.4, -0.2) is 43.9 Å². The molecule has 0 bridgehead atoms. The molecule has 2 atom stereocenters. The number of hydrogen-bond acceptors (Lipinski definition) is 4. The number of nitrogens with two attached hydrogens (primary N) is 1. The van der Waals surface area contributed by atoms with E-state index in [1.165, 1.54) is 5.56 Å². The van der Waals surface area contributed by atoms with Crippen LogP contribution in [-0.2, 0) is 11.3 Å². The molecule has 1 aliphatic rings. The predicted molar refractivity (Wildman–Crippen MR) is 84.1 cm³/mol. The number of nitrogens with zero attached hydrogens (tertiary/aromatic N) is 1. The van der Waals surface area contributed by atoms with Crippen LogP contribution in [0.15, 0.2) is 24.3 Å². The minimum atomic E-state index is 0.0617. The van der Waals surface area contributed by atoms with Crippen molar-refractivity contribution in [3.8, 4) is 17.6 Å². The standard InChI is InChI=1S/C17H24N2O2/c1-3-4-5-10-21-17-13-19(12-16(17)18)11-14-6-8-15(20-2)9-7-14/h6-9,16-17H,3,10-13,18H2,1-2H3/t16-,17-/m1/s1. The minimum Gasteiger partial charge on any atom is -0.497 e.